The summed E-state index contributed by atoms with van der Waals surface area (Å²) < 4.78 is 0. The van der Waals surface area contributed by atoms with E-state index in [0.29, 0.717) is 17.5 Å². The smallest absolute Gasteiger partial charge is 0.164 e. The number of nitrogens with zero attached hydrogens (tertiary/aromatic N) is 4. The van der Waals surface area contributed by atoms with E-state index in [-0.39, 0.29) is 0 Å². The zero-order chi connectivity index (χ0) is 39.6. The fourth-order valence-corrected chi connectivity index (χ4v) is 9.89. The molecule has 4 heteroatoms. The molecule has 280 valence electrons. The number of rotatable bonds is 5. The van der Waals surface area contributed by atoms with E-state index in [2.05, 4.69) is 187 Å². The van der Waals surface area contributed by atoms with Crippen molar-refractivity contribution in [3.05, 3.63) is 241 Å². The molecule has 0 atom stereocenters. The van der Waals surface area contributed by atoms with Crippen LogP contribution >= 0.6 is 0 Å². The third-order valence-corrected chi connectivity index (χ3v) is 12.3. The highest BCUT2D eigenvalue weighted by Gasteiger charge is 2.52. The maximum atomic E-state index is 5.16. The summed E-state index contributed by atoms with van der Waals surface area (Å²) in [7, 11) is 0. The normalized spacial score (nSPS) is 13.1. The van der Waals surface area contributed by atoms with Gasteiger partial charge in [0.2, 0.25) is 0 Å². The zero-order valence-electron chi connectivity index (χ0n) is 32.6. The van der Waals surface area contributed by atoms with Crippen molar-refractivity contribution in [2.45, 2.75) is 5.41 Å². The van der Waals surface area contributed by atoms with Crippen molar-refractivity contribution in [2.24, 2.45) is 0 Å². The van der Waals surface area contributed by atoms with E-state index < -0.39 is 5.41 Å². The predicted octanol–water partition coefficient (Wildman–Crippen LogP) is 13.8. The molecule has 0 saturated heterocycles. The SMILES string of the molecule is c1ccc(-c2nc(-c3ccccc3)nc(-c3cccc4c(-c5cccc6c5N(c5ccccc5)c5ccccc5C65c6ccccc6-c6ccccc65)cccc34)n2)cc1. The lowest BCUT2D eigenvalue weighted by Gasteiger charge is -2.46. The summed E-state index contributed by atoms with van der Waals surface area (Å²) in [5, 5.41) is 2.20. The number of hydrogen-bond donors (Lipinski definition) is 0. The van der Waals surface area contributed by atoms with Gasteiger partial charge in [-0.15, -0.1) is 0 Å². The molecule has 4 nitrogen and oxygen atoms in total. The summed E-state index contributed by atoms with van der Waals surface area (Å²) in [6.45, 7) is 0. The minimum Gasteiger partial charge on any atom is -0.309 e. The minimum atomic E-state index is -0.539. The van der Waals surface area contributed by atoms with Crippen molar-refractivity contribution in [3.8, 4) is 56.4 Å². The first-order valence-electron chi connectivity index (χ1n) is 20.5. The van der Waals surface area contributed by atoms with Crippen LogP contribution in [0.2, 0.25) is 0 Å². The Morgan fingerprint density at radius 1 is 0.300 bits per heavy atom. The van der Waals surface area contributed by atoms with E-state index in [9.17, 15) is 0 Å². The van der Waals surface area contributed by atoms with Gasteiger partial charge in [-0.05, 0) is 67.9 Å². The van der Waals surface area contributed by atoms with Crippen LogP contribution in [0.4, 0.5) is 17.1 Å². The Kier molecular flexibility index (Phi) is 7.72. The van der Waals surface area contributed by atoms with Gasteiger partial charge < -0.3 is 4.90 Å². The Morgan fingerprint density at radius 2 is 0.733 bits per heavy atom. The van der Waals surface area contributed by atoms with Gasteiger partial charge in [0.25, 0.3) is 0 Å². The summed E-state index contributed by atoms with van der Waals surface area (Å²) in [6, 6.07) is 78.2. The first kappa shape index (κ1) is 34.1. The Labute approximate surface area is 348 Å². The number of aromatic nitrogens is 3. The summed E-state index contributed by atoms with van der Waals surface area (Å²) in [5.41, 5.74) is 15.8. The van der Waals surface area contributed by atoms with Gasteiger partial charge in [0.1, 0.15) is 0 Å². The van der Waals surface area contributed by atoms with Gasteiger partial charge in [-0.25, -0.2) is 15.0 Å². The van der Waals surface area contributed by atoms with Crippen molar-refractivity contribution in [1.82, 2.24) is 15.0 Å². The third-order valence-electron chi connectivity index (χ3n) is 12.3. The average Bonchev–Trinajstić information content (AvgIpc) is 3.62. The Morgan fingerprint density at radius 3 is 1.37 bits per heavy atom. The predicted molar refractivity (Wildman–Crippen MR) is 245 cm³/mol. The molecule has 60 heavy (non-hydrogen) atoms. The average molecular weight is 765 g/mol. The van der Waals surface area contributed by atoms with Crippen LogP contribution in [0, 0.1) is 0 Å². The van der Waals surface area contributed by atoms with Gasteiger partial charge in [0.05, 0.1) is 16.8 Å². The standard InChI is InChI=1S/C56H36N4/c1-4-19-37(20-5-1)53-57-54(38-21-6-2-7-22-38)59-55(58-53)46-31-17-27-40-41(28-16-29-42(40)46)45-30-18-35-50-52(45)60(39-23-8-3-9-24-39)51-36-15-14-34-49(51)56(50)47-32-12-10-25-43(47)44-26-11-13-33-48(44)56/h1-36H. The third kappa shape index (κ3) is 5.01. The fourth-order valence-electron chi connectivity index (χ4n) is 9.89. The number of fused-ring (bicyclic) bond motifs is 10. The van der Waals surface area contributed by atoms with Gasteiger partial charge in [-0.1, -0.05) is 200 Å². The molecule has 1 aromatic heterocycles. The van der Waals surface area contributed by atoms with Crippen LogP contribution in [-0.2, 0) is 5.41 Å². The second-order valence-electron chi connectivity index (χ2n) is 15.5. The molecular formula is C56H36N4. The topological polar surface area (TPSA) is 41.9 Å². The van der Waals surface area contributed by atoms with Crippen LogP contribution in [0.3, 0.4) is 0 Å². The first-order chi connectivity index (χ1) is 29.8. The van der Waals surface area contributed by atoms with Gasteiger partial charge >= 0.3 is 0 Å². The Bertz CT molecular complexity index is 3170. The van der Waals surface area contributed by atoms with Crippen LogP contribution in [0.15, 0.2) is 218 Å². The van der Waals surface area contributed by atoms with Gasteiger partial charge in [-0.3, -0.25) is 0 Å². The van der Waals surface area contributed by atoms with Crippen molar-refractivity contribution >= 4 is 27.8 Å². The van der Waals surface area contributed by atoms with Crippen molar-refractivity contribution in [3.63, 3.8) is 0 Å². The van der Waals surface area contributed by atoms with Crippen LogP contribution in [0.1, 0.15) is 22.3 Å². The molecule has 0 amide bonds. The maximum Gasteiger partial charge on any atom is 0.164 e. The molecular weight excluding hydrogens is 729 g/mol. The van der Waals surface area contributed by atoms with E-state index in [0.717, 1.165) is 44.3 Å². The van der Waals surface area contributed by atoms with Gasteiger partial charge in [0.15, 0.2) is 17.5 Å². The molecule has 0 unspecified atom stereocenters. The minimum absolute atomic E-state index is 0.539. The molecule has 1 aliphatic heterocycles. The summed E-state index contributed by atoms with van der Waals surface area (Å²) >= 11 is 0. The number of anilines is 3. The summed E-state index contributed by atoms with van der Waals surface area (Å²) in [5.74, 6) is 1.92. The molecule has 10 aromatic rings. The molecule has 1 aliphatic carbocycles. The fraction of sp³-hybridized carbons (Fsp3) is 0.0179. The van der Waals surface area contributed by atoms with Crippen molar-refractivity contribution in [1.29, 1.82) is 0 Å². The zero-order valence-corrected chi connectivity index (χ0v) is 32.6. The lowest BCUT2D eigenvalue weighted by molar-refractivity contribution is 0.753. The molecule has 0 bridgehead atoms. The number of hydrogen-bond acceptors (Lipinski definition) is 4. The van der Waals surface area contributed by atoms with Gasteiger partial charge in [0, 0.05) is 27.9 Å². The molecule has 2 aliphatic rings. The molecule has 0 saturated carbocycles. The van der Waals surface area contributed by atoms with E-state index in [1.165, 1.54) is 44.8 Å². The molecule has 12 rings (SSSR count). The van der Waals surface area contributed by atoms with E-state index in [4.69, 9.17) is 15.0 Å². The molecule has 0 N–H and O–H groups in total. The van der Waals surface area contributed by atoms with Crippen molar-refractivity contribution < 1.29 is 0 Å². The largest absolute Gasteiger partial charge is 0.309 e. The van der Waals surface area contributed by atoms with E-state index >= 15 is 0 Å². The lowest BCUT2D eigenvalue weighted by atomic mass is 9.64. The van der Waals surface area contributed by atoms with Crippen LogP contribution in [-0.4, -0.2) is 15.0 Å². The van der Waals surface area contributed by atoms with Crippen LogP contribution in [0.25, 0.3) is 67.2 Å². The molecule has 9 aromatic carbocycles. The van der Waals surface area contributed by atoms with Crippen LogP contribution < -0.4 is 4.90 Å². The highest BCUT2D eigenvalue weighted by Crippen LogP contribution is 2.64. The van der Waals surface area contributed by atoms with E-state index in [1.54, 1.807) is 0 Å². The molecule has 0 fully saturated rings. The monoisotopic (exact) mass is 764 g/mol. The second-order valence-corrected chi connectivity index (χ2v) is 15.5. The van der Waals surface area contributed by atoms with Crippen LogP contribution in [0.5, 0.6) is 0 Å². The molecule has 1 spiro atoms. The number of benzene rings is 9. The van der Waals surface area contributed by atoms with Gasteiger partial charge in [-0.2, -0.15) is 0 Å². The Balaban J connectivity index is 1.14. The quantitative estimate of drug-likeness (QED) is 0.175. The molecule has 0 radical (unpaired) electrons. The Hall–Kier alpha value is -7.95. The first-order valence-corrected chi connectivity index (χ1v) is 20.5. The lowest BCUT2D eigenvalue weighted by Crippen LogP contribution is -2.36. The number of para-hydroxylation sites is 3. The highest BCUT2D eigenvalue weighted by molar-refractivity contribution is 6.08. The summed E-state index contributed by atoms with van der Waals surface area (Å²) in [6.07, 6.45) is 0. The summed E-state index contributed by atoms with van der Waals surface area (Å²) in [4.78, 5) is 17.8. The van der Waals surface area contributed by atoms with Crippen molar-refractivity contribution in [2.75, 3.05) is 4.90 Å². The second kappa shape index (κ2) is 13.6. The molecule has 2 heterocycles. The maximum absolute atomic E-state index is 5.16. The highest BCUT2D eigenvalue weighted by atomic mass is 15.2. The van der Waals surface area contributed by atoms with E-state index in [1.807, 2.05) is 36.4 Å².